The molecule has 4 rings (SSSR count). The molecule has 0 saturated heterocycles. The average Bonchev–Trinajstić information content (AvgIpc) is 2.84. The normalized spacial score (nSPS) is 10.1. The molecule has 162 valence electrons. The zero-order valence-corrected chi connectivity index (χ0v) is 19.9. The van der Waals surface area contributed by atoms with Gasteiger partial charge < -0.3 is 0 Å². The predicted octanol–water partition coefficient (Wildman–Crippen LogP) is 9.98. The van der Waals surface area contributed by atoms with E-state index in [0.29, 0.717) is 0 Å². The molecule has 0 unspecified atom stereocenters. The molecule has 32 heavy (non-hydrogen) atoms. The molecule has 4 aromatic carbocycles. The van der Waals surface area contributed by atoms with Gasteiger partial charge in [0.1, 0.15) is 0 Å². The van der Waals surface area contributed by atoms with Crippen molar-refractivity contribution in [1.29, 1.82) is 0 Å². The summed E-state index contributed by atoms with van der Waals surface area (Å²) in [7, 11) is 0. The minimum absolute atomic E-state index is 1.14. The highest BCUT2D eigenvalue weighted by molar-refractivity contribution is 5.95. The SMILES string of the molecule is C=Cc1c(/C=C\C)ccc2ccccc12.C=Cc1ccc2ccc(C)cc2c1C=C.CC. The van der Waals surface area contributed by atoms with E-state index in [2.05, 4.69) is 106 Å². The number of hydrogen-bond acceptors (Lipinski definition) is 0. The Morgan fingerprint density at radius 3 is 1.81 bits per heavy atom. The lowest BCUT2D eigenvalue weighted by atomic mass is 9.97. The number of rotatable bonds is 4. The monoisotopic (exact) mass is 418 g/mol. The molecule has 0 saturated carbocycles. The Morgan fingerprint density at radius 2 is 1.19 bits per heavy atom. The van der Waals surface area contributed by atoms with Crippen molar-refractivity contribution in [1.82, 2.24) is 0 Å². The maximum Gasteiger partial charge on any atom is -0.0103 e. The van der Waals surface area contributed by atoms with Crippen LogP contribution in [0.4, 0.5) is 0 Å². The van der Waals surface area contributed by atoms with Crippen molar-refractivity contribution >= 4 is 45.8 Å². The first kappa shape index (κ1) is 24.6. The van der Waals surface area contributed by atoms with Gasteiger partial charge in [0.2, 0.25) is 0 Å². The molecule has 0 radical (unpaired) electrons. The molecule has 0 amide bonds. The van der Waals surface area contributed by atoms with Crippen LogP contribution in [0, 0.1) is 6.92 Å². The highest BCUT2D eigenvalue weighted by Crippen LogP contribution is 2.26. The fraction of sp³-hybridized carbons (Fsp3) is 0.125. The smallest absolute Gasteiger partial charge is 0.0103 e. The summed E-state index contributed by atoms with van der Waals surface area (Å²) in [5.41, 5.74) is 6.03. The van der Waals surface area contributed by atoms with E-state index >= 15 is 0 Å². The predicted molar refractivity (Wildman–Crippen MR) is 149 cm³/mol. The van der Waals surface area contributed by atoms with Crippen LogP contribution in [0.2, 0.25) is 0 Å². The molecule has 0 fully saturated rings. The molecule has 0 aromatic heterocycles. The second-order valence-corrected chi connectivity index (χ2v) is 7.20. The van der Waals surface area contributed by atoms with Gasteiger partial charge in [-0.25, -0.2) is 0 Å². The molecule has 0 nitrogen and oxygen atoms in total. The third kappa shape index (κ3) is 5.53. The van der Waals surface area contributed by atoms with Gasteiger partial charge in [0.25, 0.3) is 0 Å². The van der Waals surface area contributed by atoms with Crippen molar-refractivity contribution in [3.05, 3.63) is 120 Å². The Hall–Kier alpha value is -3.64. The van der Waals surface area contributed by atoms with E-state index in [1.165, 1.54) is 43.8 Å². The van der Waals surface area contributed by atoms with Crippen molar-refractivity contribution in [2.24, 2.45) is 0 Å². The Morgan fingerprint density at radius 1 is 0.625 bits per heavy atom. The standard InChI is InChI=1S/2C15H14.C2H6/c1-4-12-8-9-13-7-6-11(3)10-15(13)14(12)5-2;1-3-7-12-10-11-13-8-5-6-9-15(13)14(12)4-2;1-2/h4-10H,1-2H2,3H3;3-11H,2H2,1H3;1-2H3/b;7-3-;. The minimum Gasteiger partial charge on any atom is -0.0984 e. The molecule has 4 aromatic rings. The van der Waals surface area contributed by atoms with Crippen LogP contribution in [0.1, 0.15) is 48.6 Å². The van der Waals surface area contributed by atoms with E-state index in [4.69, 9.17) is 0 Å². The van der Waals surface area contributed by atoms with Gasteiger partial charge in [0.15, 0.2) is 0 Å². The summed E-state index contributed by atoms with van der Waals surface area (Å²) in [5.74, 6) is 0. The van der Waals surface area contributed by atoms with Gasteiger partial charge in [-0.05, 0) is 57.6 Å². The second kappa shape index (κ2) is 12.3. The van der Waals surface area contributed by atoms with Crippen LogP contribution in [0.15, 0.2) is 92.5 Å². The van der Waals surface area contributed by atoms with Crippen molar-refractivity contribution in [3.63, 3.8) is 0 Å². The van der Waals surface area contributed by atoms with Crippen LogP contribution >= 0.6 is 0 Å². The largest absolute Gasteiger partial charge is 0.0984 e. The lowest BCUT2D eigenvalue weighted by molar-refractivity contribution is 1.50. The van der Waals surface area contributed by atoms with E-state index in [9.17, 15) is 0 Å². The fourth-order valence-electron chi connectivity index (χ4n) is 3.74. The average molecular weight is 419 g/mol. The van der Waals surface area contributed by atoms with Crippen molar-refractivity contribution in [2.75, 3.05) is 0 Å². The molecule has 0 heteroatoms. The molecule has 0 aliphatic rings. The van der Waals surface area contributed by atoms with Crippen LogP contribution < -0.4 is 0 Å². The van der Waals surface area contributed by atoms with Crippen molar-refractivity contribution in [3.8, 4) is 0 Å². The zero-order valence-electron chi connectivity index (χ0n) is 19.9. The number of allylic oxidation sites excluding steroid dienone is 1. The van der Waals surface area contributed by atoms with Crippen LogP contribution in [0.3, 0.4) is 0 Å². The van der Waals surface area contributed by atoms with E-state index in [-0.39, 0.29) is 0 Å². The lowest BCUT2D eigenvalue weighted by Crippen LogP contribution is -1.84. The van der Waals surface area contributed by atoms with Gasteiger partial charge >= 0.3 is 0 Å². The summed E-state index contributed by atoms with van der Waals surface area (Å²) in [6, 6.07) is 23.4. The maximum absolute atomic E-state index is 3.89. The molecule has 0 heterocycles. The first-order chi connectivity index (χ1) is 15.6. The molecular weight excluding hydrogens is 384 g/mol. The summed E-state index contributed by atoms with van der Waals surface area (Å²) < 4.78 is 0. The Balaban J connectivity index is 0.000000211. The first-order valence-electron chi connectivity index (χ1n) is 11.2. The van der Waals surface area contributed by atoms with Crippen molar-refractivity contribution < 1.29 is 0 Å². The third-order valence-electron chi connectivity index (χ3n) is 5.23. The highest BCUT2D eigenvalue weighted by atomic mass is 14.1. The summed E-state index contributed by atoms with van der Waals surface area (Å²) in [6.07, 6.45) is 9.87. The van der Waals surface area contributed by atoms with Gasteiger partial charge in [-0.15, -0.1) is 0 Å². The molecule has 0 atom stereocenters. The molecular formula is C32H34. The molecule has 0 aliphatic carbocycles. The summed E-state index contributed by atoms with van der Waals surface area (Å²) in [4.78, 5) is 0. The molecule has 0 spiro atoms. The van der Waals surface area contributed by atoms with E-state index in [0.717, 1.165) is 5.56 Å². The first-order valence-corrected chi connectivity index (χ1v) is 11.2. The highest BCUT2D eigenvalue weighted by Gasteiger charge is 2.02. The van der Waals surface area contributed by atoms with Gasteiger partial charge in [-0.3, -0.25) is 0 Å². The van der Waals surface area contributed by atoms with Crippen LogP contribution in [-0.4, -0.2) is 0 Å². The number of fused-ring (bicyclic) bond motifs is 2. The second-order valence-electron chi connectivity index (χ2n) is 7.20. The minimum atomic E-state index is 1.14. The fourth-order valence-corrected chi connectivity index (χ4v) is 3.74. The Labute approximate surface area is 193 Å². The van der Waals surface area contributed by atoms with Gasteiger partial charge in [-0.1, -0.05) is 136 Å². The summed E-state index contributed by atoms with van der Waals surface area (Å²) >= 11 is 0. The quantitative estimate of drug-likeness (QED) is 0.309. The number of aryl methyl sites for hydroxylation is 1. The van der Waals surface area contributed by atoms with E-state index in [1.807, 2.05) is 39.0 Å². The molecule has 0 aliphatic heterocycles. The van der Waals surface area contributed by atoms with Gasteiger partial charge in [0.05, 0.1) is 0 Å². The van der Waals surface area contributed by atoms with Crippen LogP contribution in [0.5, 0.6) is 0 Å². The van der Waals surface area contributed by atoms with Crippen molar-refractivity contribution in [2.45, 2.75) is 27.7 Å². The van der Waals surface area contributed by atoms with E-state index in [1.54, 1.807) is 0 Å². The Bertz CT molecular complexity index is 1250. The number of benzene rings is 4. The molecule has 0 N–H and O–H groups in total. The van der Waals surface area contributed by atoms with Crippen LogP contribution in [-0.2, 0) is 0 Å². The van der Waals surface area contributed by atoms with Crippen LogP contribution in [0.25, 0.3) is 45.8 Å². The van der Waals surface area contributed by atoms with Gasteiger partial charge in [-0.2, -0.15) is 0 Å². The van der Waals surface area contributed by atoms with Gasteiger partial charge in [0, 0.05) is 0 Å². The summed E-state index contributed by atoms with van der Waals surface area (Å²) in [6.45, 7) is 19.7. The maximum atomic E-state index is 3.89. The number of hydrogen-bond donors (Lipinski definition) is 0. The lowest BCUT2D eigenvalue weighted by Gasteiger charge is -2.07. The topological polar surface area (TPSA) is 0 Å². The third-order valence-corrected chi connectivity index (χ3v) is 5.23. The summed E-state index contributed by atoms with van der Waals surface area (Å²) in [5, 5.41) is 5.03. The molecule has 0 bridgehead atoms. The Kier molecular flexibility index (Phi) is 9.44. The zero-order chi connectivity index (χ0) is 23.5. The van der Waals surface area contributed by atoms with E-state index < -0.39 is 0 Å².